The first kappa shape index (κ1) is 56.3. The van der Waals surface area contributed by atoms with Crippen LogP contribution in [-0.2, 0) is 56.9 Å². The predicted molar refractivity (Wildman–Crippen MR) is 211 cm³/mol. The van der Waals surface area contributed by atoms with E-state index >= 15 is 0 Å². The number of hydrogen-bond acceptors (Lipinski definition) is 15. The van der Waals surface area contributed by atoms with E-state index in [-0.39, 0.29) is 51.9 Å². The summed E-state index contributed by atoms with van der Waals surface area (Å²) in [4.78, 5) is 25.6. The number of terminal acetylenes is 2. The van der Waals surface area contributed by atoms with Crippen molar-refractivity contribution < 1.29 is 64.8 Å². The van der Waals surface area contributed by atoms with Gasteiger partial charge in [0, 0.05) is 0 Å². The Labute approximate surface area is 335 Å². The summed E-state index contributed by atoms with van der Waals surface area (Å²) in [5, 5.41) is 0. The van der Waals surface area contributed by atoms with E-state index in [1.54, 1.807) is 53.7 Å². The second-order valence-corrected chi connectivity index (χ2v) is 14.2. The van der Waals surface area contributed by atoms with Crippen LogP contribution in [0.15, 0.2) is 29.2 Å². The van der Waals surface area contributed by atoms with Crippen molar-refractivity contribution in [3.63, 3.8) is 0 Å². The number of carbonyl (C=O) groups is 2. The van der Waals surface area contributed by atoms with Crippen molar-refractivity contribution in [3.05, 3.63) is 29.8 Å². The van der Waals surface area contributed by atoms with Crippen molar-refractivity contribution >= 4 is 29.5 Å². The monoisotopic (exact) mass is 812 g/mol. The number of imide groups is 1. The van der Waals surface area contributed by atoms with Gasteiger partial charge in [0.1, 0.15) is 24.4 Å². The van der Waals surface area contributed by atoms with Gasteiger partial charge in [0.05, 0.1) is 84.1 Å². The third kappa shape index (κ3) is 35.7. The summed E-state index contributed by atoms with van der Waals surface area (Å²) in [7, 11) is -3.29. The van der Waals surface area contributed by atoms with Crippen LogP contribution in [0.3, 0.4) is 0 Å². The topological polar surface area (TPSA) is 198 Å². The second kappa shape index (κ2) is 34.2. The summed E-state index contributed by atoms with van der Waals surface area (Å²) in [6, 6.07) is 8.37. The van der Waals surface area contributed by atoms with Crippen LogP contribution >= 0.6 is 0 Å². The molecular formula is C38H61BN2O14S. The van der Waals surface area contributed by atoms with Crippen LogP contribution in [-0.4, -0.2) is 136 Å². The number of hydrogen-bond donors (Lipinski definition) is 1. The van der Waals surface area contributed by atoms with Crippen LogP contribution in [0, 0.1) is 43.5 Å². The molecule has 0 atom stereocenters. The van der Waals surface area contributed by atoms with E-state index in [4.69, 9.17) is 59.6 Å². The minimum atomic E-state index is -3.73. The number of rotatable bonds is 22. The molecule has 0 heterocycles. The Balaban J connectivity index is -0.000000886. The SMILES string of the molecule is C.C#CCOCCOCCOCCN(C(=O)OC(C)(C)C)C(=O)OC(C)(C)C.C#CCOCCOCCOCCOS(=O)(=O)c1ccc(C)cc1.NC#CB=O. The summed E-state index contributed by atoms with van der Waals surface area (Å²) >= 11 is 0. The number of nitrogens with two attached hydrogens (primary N) is 1. The van der Waals surface area contributed by atoms with E-state index in [0.29, 0.717) is 60.0 Å². The van der Waals surface area contributed by atoms with Gasteiger partial charge in [-0.05, 0) is 60.6 Å². The average molecular weight is 813 g/mol. The average Bonchev–Trinajstić information content (AvgIpc) is 3.09. The van der Waals surface area contributed by atoms with E-state index in [2.05, 4.69) is 17.6 Å². The Kier molecular flexibility index (Phi) is 34.4. The van der Waals surface area contributed by atoms with Gasteiger partial charge in [0.2, 0.25) is 0 Å². The molecule has 316 valence electrons. The Hall–Kier alpha value is -4.03. The molecule has 0 fully saturated rings. The number of aryl methyl sites for hydroxylation is 1. The second-order valence-electron chi connectivity index (χ2n) is 12.6. The number of amides is 2. The van der Waals surface area contributed by atoms with E-state index in [0.717, 1.165) is 10.5 Å². The minimum absolute atomic E-state index is 0. The van der Waals surface area contributed by atoms with Crippen molar-refractivity contribution in [3.8, 4) is 36.6 Å². The molecule has 0 saturated carbocycles. The van der Waals surface area contributed by atoms with E-state index in [1.807, 2.05) is 18.8 Å². The van der Waals surface area contributed by atoms with Crippen LogP contribution in [0.2, 0.25) is 0 Å². The molecule has 0 aliphatic rings. The van der Waals surface area contributed by atoms with Gasteiger partial charge < -0.3 is 37.9 Å². The number of ether oxygens (including phenoxy) is 8. The molecule has 0 unspecified atom stereocenters. The van der Waals surface area contributed by atoms with Gasteiger partial charge in [0.15, 0.2) is 0 Å². The van der Waals surface area contributed by atoms with Crippen LogP contribution in [0.4, 0.5) is 9.59 Å². The summed E-state index contributed by atoms with van der Waals surface area (Å²) in [5.74, 6) is 6.67. The molecule has 1 aromatic carbocycles. The van der Waals surface area contributed by atoms with Crippen molar-refractivity contribution in [2.24, 2.45) is 5.73 Å². The molecule has 0 aliphatic carbocycles. The molecule has 1 aromatic rings. The number of benzene rings is 1. The van der Waals surface area contributed by atoms with Crippen molar-refractivity contribution in [1.29, 1.82) is 0 Å². The first-order chi connectivity index (χ1) is 25.9. The molecule has 0 saturated heterocycles. The normalized spacial score (nSPS) is 10.5. The molecule has 1 rings (SSSR count). The van der Waals surface area contributed by atoms with E-state index < -0.39 is 33.5 Å². The van der Waals surface area contributed by atoms with Gasteiger partial charge in [-0.15, -0.1) is 12.8 Å². The zero-order valence-electron chi connectivity index (χ0n) is 33.1. The van der Waals surface area contributed by atoms with E-state index in [9.17, 15) is 18.0 Å². The third-order valence-corrected chi connectivity index (χ3v) is 6.79. The molecule has 18 heteroatoms. The van der Waals surface area contributed by atoms with Gasteiger partial charge >= 0.3 is 41.6 Å². The molecule has 0 radical (unpaired) electrons. The van der Waals surface area contributed by atoms with Gasteiger partial charge in [-0.25, -0.2) is 14.5 Å². The number of carbonyl (C=O) groups excluding carboxylic acids is 2. The van der Waals surface area contributed by atoms with Crippen molar-refractivity contribution in [1.82, 2.24) is 4.90 Å². The fraction of sp³-hybridized carbons (Fsp3) is 0.632. The maximum absolute atomic E-state index is 12.3. The fourth-order valence-corrected chi connectivity index (χ4v) is 4.09. The molecule has 2 N–H and O–H groups in total. The number of nitrogens with zero attached hydrogens (tertiary/aromatic N) is 1. The first-order valence-electron chi connectivity index (χ1n) is 17.1. The Morgan fingerprint density at radius 3 is 1.41 bits per heavy atom. The van der Waals surface area contributed by atoms with Crippen molar-refractivity contribution in [2.75, 3.05) is 92.4 Å². The van der Waals surface area contributed by atoms with E-state index in [1.165, 1.54) is 12.1 Å². The zero-order chi connectivity index (χ0) is 42.0. The first-order valence-corrected chi connectivity index (χ1v) is 18.5. The predicted octanol–water partition coefficient (Wildman–Crippen LogP) is 3.77. The van der Waals surface area contributed by atoms with Crippen LogP contribution < -0.4 is 5.73 Å². The summed E-state index contributed by atoms with van der Waals surface area (Å²) in [6.07, 6.45) is 8.52. The van der Waals surface area contributed by atoms with Crippen LogP contribution in [0.1, 0.15) is 54.5 Å². The van der Waals surface area contributed by atoms with Gasteiger partial charge in [-0.1, -0.05) is 37.0 Å². The fourth-order valence-electron chi connectivity index (χ4n) is 3.20. The van der Waals surface area contributed by atoms with Gasteiger partial charge in [-0.3, -0.25) is 4.18 Å². The molecule has 56 heavy (non-hydrogen) atoms. The third-order valence-electron chi connectivity index (χ3n) is 5.46. The molecule has 0 aromatic heterocycles. The summed E-state index contributed by atoms with van der Waals surface area (Å²) in [5.41, 5.74) is 4.07. The molecule has 16 nitrogen and oxygen atoms in total. The van der Waals surface area contributed by atoms with Crippen LogP contribution in [0.5, 0.6) is 0 Å². The molecule has 0 bridgehead atoms. The zero-order valence-corrected chi connectivity index (χ0v) is 33.9. The van der Waals surface area contributed by atoms with Gasteiger partial charge in [0.25, 0.3) is 10.1 Å². The molecule has 2 amide bonds. The van der Waals surface area contributed by atoms with Crippen LogP contribution in [0.25, 0.3) is 0 Å². The maximum atomic E-state index is 12.3. The quantitative estimate of drug-likeness (QED) is 0.0583. The molecule has 0 spiro atoms. The van der Waals surface area contributed by atoms with Crippen molar-refractivity contribution in [2.45, 2.75) is 72.0 Å². The molecule has 0 aliphatic heterocycles. The Bertz CT molecular complexity index is 1430. The Morgan fingerprint density at radius 1 is 0.696 bits per heavy atom. The standard InChI is InChI=1S/C19H33NO7.C16H22O6S.C2H2BNO.CH4/c1-8-10-23-12-14-25-15-13-24-11-9-20(16(21)26-18(2,3)4)17(22)27-19(5,6)7;1-3-8-19-9-10-20-11-12-21-13-14-22-23(17,18)16-6-4-15(2)5-7-16;4-2-1-3-5;/h1H,9-15H2,2-7H3;1,4-7H,8-14H2,2H3;4H2;1H4. The van der Waals surface area contributed by atoms with Gasteiger partial charge in [-0.2, -0.15) is 8.42 Å². The summed E-state index contributed by atoms with van der Waals surface area (Å²) in [6.45, 7) is 16.1. The Morgan fingerprint density at radius 2 is 1.07 bits per heavy atom. The summed E-state index contributed by atoms with van der Waals surface area (Å²) < 4.78 is 79.5. The molecular weight excluding hydrogens is 751 g/mol.